The Kier molecular flexibility index (Phi) is 6.41. The van der Waals surface area contributed by atoms with Crippen molar-refractivity contribution in [3.8, 4) is 11.1 Å². The number of allylic oxidation sites excluding steroid dienone is 1. The van der Waals surface area contributed by atoms with Crippen molar-refractivity contribution in [3.63, 3.8) is 0 Å². The van der Waals surface area contributed by atoms with E-state index in [0.29, 0.717) is 18.0 Å². The van der Waals surface area contributed by atoms with E-state index in [9.17, 15) is 0 Å². The summed E-state index contributed by atoms with van der Waals surface area (Å²) in [7, 11) is 0. The smallest absolute Gasteiger partial charge is 0.0377 e. The van der Waals surface area contributed by atoms with Crippen LogP contribution < -0.4 is 11.1 Å². The first-order valence-corrected chi connectivity index (χ1v) is 12.2. The molecule has 1 atom stereocenters. The van der Waals surface area contributed by atoms with Crippen LogP contribution in [0.25, 0.3) is 16.7 Å². The fourth-order valence-electron chi connectivity index (χ4n) is 5.39. The second kappa shape index (κ2) is 9.75. The van der Waals surface area contributed by atoms with Crippen molar-refractivity contribution in [2.24, 2.45) is 5.73 Å². The molecule has 3 N–H and O–H groups in total. The molecular weight excluding hydrogens is 388 g/mol. The average molecular weight is 423 g/mol. The minimum atomic E-state index is 0.397. The first kappa shape index (κ1) is 21.0. The van der Waals surface area contributed by atoms with Crippen LogP contribution in [-0.4, -0.2) is 12.1 Å². The van der Waals surface area contributed by atoms with E-state index in [4.69, 9.17) is 5.73 Å². The maximum atomic E-state index is 6.14. The Morgan fingerprint density at radius 3 is 2.19 bits per heavy atom. The second-order valence-corrected chi connectivity index (χ2v) is 9.49. The molecule has 32 heavy (non-hydrogen) atoms. The van der Waals surface area contributed by atoms with Gasteiger partial charge >= 0.3 is 0 Å². The van der Waals surface area contributed by atoms with Crippen LogP contribution in [0.3, 0.4) is 0 Å². The average Bonchev–Trinajstić information content (AvgIpc) is 2.86. The second-order valence-electron chi connectivity index (χ2n) is 9.49. The van der Waals surface area contributed by atoms with Crippen LogP contribution in [0.4, 0.5) is 5.69 Å². The van der Waals surface area contributed by atoms with Crippen LogP contribution in [0.1, 0.15) is 62.0 Å². The highest BCUT2D eigenvalue weighted by Crippen LogP contribution is 2.37. The first-order chi connectivity index (χ1) is 15.8. The highest BCUT2D eigenvalue weighted by atomic mass is 14.9. The molecule has 2 aliphatic rings. The lowest BCUT2D eigenvalue weighted by atomic mass is 9.81. The summed E-state index contributed by atoms with van der Waals surface area (Å²) in [6, 6.07) is 29.5. The standard InChI is InChI=1S/C30H34N2/c31-27-17-13-24(14-18-27)29-11-4-5-12-30(29)32-28-19-15-23(16-20-28)26-10-6-9-25(21-26)22-7-2-1-3-8-22/h1-12,15,21,24,27-28,32H,13-14,16-20,31H2. The molecule has 1 fully saturated rings. The SMILES string of the molecule is NC1CCC(c2ccccc2NC2CC=C(c3cccc(-c4ccccc4)c3)CC2)CC1. The summed E-state index contributed by atoms with van der Waals surface area (Å²) in [4.78, 5) is 0. The lowest BCUT2D eigenvalue weighted by Crippen LogP contribution is -2.27. The van der Waals surface area contributed by atoms with Gasteiger partial charge in [0.1, 0.15) is 0 Å². The Bertz CT molecular complexity index is 1060. The maximum Gasteiger partial charge on any atom is 0.0377 e. The lowest BCUT2D eigenvalue weighted by Gasteiger charge is -2.30. The van der Waals surface area contributed by atoms with Gasteiger partial charge in [0.25, 0.3) is 0 Å². The molecule has 1 saturated carbocycles. The highest BCUT2D eigenvalue weighted by Gasteiger charge is 2.23. The number of rotatable bonds is 5. The molecule has 0 aliphatic heterocycles. The molecule has 5 rings (SSSR count). The monoisotopic (exact) mass is 422 g/mol. The molecule has 0 aromatic heterocycles. The normalized spacial score (nSPS) is 23.4. The molecule has 2 aliphatic carbocycles. The van der Waals surface area contributed by atoms with E-state index >= 15 is 0 Å². The number of anilines is 1. The molecule has 3 aromatic carbocycles. The lowest BCUT2D eigenvalue weighted by molar-refractivity contribution is 0.396. The summed E-state index contributed by atoms with van der Waals surface area (Å²) >= 11 is 0. The highest BCUT2D eigenvalue weighted by molar-refractivity contribution is 5.73. The molecule has 164 valence electrons. The van der Waals surface area contributed by atoms with Gasteiger partial charge in [-0.3, -0.25) is 0 Å². The number of hydrogen-bond donors (Lipinski definition) is 2. The molecule has 0 amide bonds. The quantitative estimate of drug-likeness (QED) is 0.450. The summed E-state index contributed by atoms with van der Waals surface area (Å²) in [5, 5.41) is 3.89. The summed E-state index contributed by atoms with van der Waals surface area (Å²) in [5.41, 5.74) is 14.4. The minimum Gasteiger partial charge on any atom is -0.382 e. The molecule has 0 saturated heterocycles. The van der Waals surface area contributed by atoms with Gasteiger partial charge in [0.15, 0.2) is 0 Å². The van der Waals surface area contributed by atoms with Gasteiger partial charge in [0, 0.05) is 17.8 Å². The third-order valence-corrected chi connectivity index (χ3v) is 7.28. The zero-order valence-electron chi connectivity index (χ0n) is 18.8. The van der Waals surface area contributed by atoms with Crippen molar-refractivity contribution in [2.75, 3.05) is 5.32 Å². The van der Waals surface area contributed by atoms with Gasteiger partial charge < -0.3 is 11.1 Å². The number of nitrogens with two attached hydrogens (primary N) is 1. The van der Waals surface area contributed by atoms with Gasteiger partial charge in [0.2, 0.25) is 0 Å². The summed E-state index contributed by atoms with van der Waals surface area (Å²) in [5.74, 6) is 0.647. The molecule has 0 radical (unpaired) electrons. The van der Waals surface area contributed by atoms with Gasteiger partial charge in [-0.05, 0) is 90.8 Å². The van der Waals surface area contributed by atoms with Crippen LogP contribution in [-0.2, 0) is 0 Å². The summed E-state index contributed by atoms with van der Waals surface area (Å²) in [6.45, 7) is 0. The molecule has 3 aromatic rings. The first-order valence-electron chi connectivity index (χ1n) is 12.2. The molecular formula is C30H34N2. The predicted molar refractivity (Wildman–Crippen MR) is 137 cm³/mol. The van der Waals surface area contributed by atoms with E-state index in [1.54, 1.807) is 0 Å². The van der Waals surface area contributed by atoms with Crippen LogP contribution in [0.15, 0.2) is 84.9 Å². The number of hydrogen-bond acceptors (Lipinski definition) is 2. The molecule has 0 spiro atoms. The van der Waals surface area contributed by atoms with Crippen molar-refractivity contribution in [2.45, 2.75) is 62.9 Å². The van der Waals surface area contributed by atoms with Crippen molar-refractivity contribution >= 4 is 11.3 Å². The summed E-state index contributed by atoms with van der Waals surface area (Å²) in [6.07, 6.45) is 10.6. The van der Waals surface area contributed by atoms with Crippen LogP contribution >= 0.6 is 0 Å². The summed E-state index contributed by atoms with van der Waals surface area (Å²) < 4.78 is 0. The molecule has 2 heteroatoms. The van der Waals surface area contributed by atoms with E-state index in [-0.39, 0.29) is 0 Å². The van der Waals surface area contributed by atoms with E-state index in [1.165, 1.54) is 52.8 Å². The molecule has 0 heterocycles. The Hall–Kier alpha value is -2.84. The largest absolute Gasteiger partial charge is 0.382 e. The van der Waals surface area contributed by atoms with E-state index < -0.39 is 0 Å². The van der Waals surface area contributed by atoms with Crippen molar-refractivity contribution in [1.82, 2.24) is 0 Å². The van der Waals surface area contributed by atoms with Gasteiger partial charge in [-0.1, -0.05) is 72.8 Å². The third-order valence-electron chi connectivity index (χ3n) is 7.28. The molecule has 0 bridgehead atoms. The Morgan fingerprint density at radius 1 is 0.688 bits per heavy atom. The van der Waals surface area contributed by atoms with Gasteiger partial charge in [-0.15, -0.1) is 0 Å². The zero-order chi connectivity index (χ0) is 21.8. The van der Waals surface area contributed by atoms with Crippen molar-refractivity contribution in [3.05, 3.63) is 96.1 Å². The van der Waals surface area contributed by atoms with Crippen LogP contribution in [0.2, 0.25) is 0 Å². The van der Waals surface area contributed by atoms with Gasteiger partial charge in [-0.2, -0.15) is 0 Å². The van der Waals surface area contributed by atoms with E-state index in [0.717, 1.165) is 25.7 Å². The number of benzene rings is 3. The van der Waals surface area contributed by atoms with Crippen molar-refractivity contribution < 1.29 is 0 Å². The van der Waals surface area contributed by atoms with Crippen LogP contribution in [0.5, 0.6) is 0 Å². The van der Waals surface area contributed by atoms with Gasteiger partial charge in [-0.25, -0.2) is 0 Å². The third kappa shape index (κ3) is 4.81. The fraction of sp³-hybridized carbons (Fsp3) is 0.333. The minimum absolute atomic E-state index is 0.397. The maximum absolute atomic E-state index is 6.14. The molecule has 2 nitrogen and oxygen atoms in total. The predicted octanol–water partition coefficient (Wildman–Crippen LogP) is 7.39. The molecule has 1 unspecified atom stereocenters. The topological polar surface area (TPSA) is 38.0 Å². The fourth-order valence-corrected chi connectivity index (χ4v) is 5.39. The Morgan fingerprint density at radius 2 is 1.41 bits per heavy atom. The van der Waals surface area contributed by atoms with Crippen molar-refractivity contribution in [1.29, 1.82) is 0 Å². The van der Waals surface area contributed by atoms with E-state index in [2.05, 4.69) is 90.3 Å². The zero-order valence-corrected chi connectivity index (χ0v) is 18.8. The van der Waals surface area contributed by atoms with E-state index in [1.807, 2.05) is 0 Å². The Labute approximate surface area is 192 Å². The number of para-hydroxylation sites is 1. The van der Waals surface area contributed by atoms with Gasteiger partial charge in [0.05, 0.1) is 0 Å². The number of nitrogens with one attached hydrogen (secondary N) is 1. The Balaban J connectivity index is 1.27. The van der Waals surface area contributed by atoms with Crippen LogP contribution in [0, 0.1) is 0 Å².